The van der Waals surface area contributed by atoms with E-state index in [1.165, 1.54) is 24.3 Å². The van der Waals surface area contributed by atoms with Gasteiger partial charge < -0.3 is 0 Å². The molecule has 2 rings (SSSR count). The highest BCUT2D eigenvalue weighted by Gasteiger charge is 2.32. The van der Waals surface area contributed by atoms with E-state index < -0.39 is 34.2 Å². The monoisotopic (exact) mass is 477 g/mol. The second-order valence-electron chi connectivity index (χ2n) is 5.60. The predicted octanol–water partition coefficient (Wildman–Crippen LogP) is 3.38. The standard InChI is InChI=1S/C17H15BrF3N3O3S/c1-28(26,27)24(15-9-5-4-8-14(15)18)11-16(25)23-22-10-12-6-2-3-7-13(12)17(19,20)21/h2-10H,11H2,1H3,(H,23,25)/b22-10-. The van der Waals surface area contributed by atoms with Crippen molar-refractivity contribution >= 4 is 43.8 Å². The van der Waals surface area contributed by atoms with Crippen molar-refractivity contribution in [1.29, 1.82) is 0 Å². The summed E-state index contributed by atoms with van der Waals surface area (Å²) in [6.07, 6.45) is -2.79. The van der Waals surface area contributed by atoms with Gasteiger partial charge in [-0.15, -0.1) is 0 Å². The lowest BCUT2D eigenvalue weighted by molar-refractivity contribution is -0.137. The van der Waals surface area contributed by atoms with E-state index in [1.54, 1.807) is 18.2 Å². The molecule has 11 heteroatoms. The Morgan fingerprint density at radius 1 is 1.18 bits per heavy atom. The van der Waals surface area contributed by atoms with Crippen LogP contribution in [0.15, 0.2) is 58.1 Å². The fourth-order valence-electron chi connectivity index (χ4n) is 2.24. The molecule has 0 atom stereocenters. The van der Waals surface area contributed by atoms with Crippen LogP contribution < -0.4 is 9.73 Å². The molecule has 1 amide bonds. The van der Waals surface area contributed by atoms with Gasteiger partial charge in [0.15, 0.2) is 0 Å². The Balaban J connectivity index is 2.15. The molecule has 0 radical (unpaired) electrons. The Morgan fingerprint density at radius 3 is 2.39 bits per heavy atom. The number of para-hydroxylation sites is 1. The molecule has 1 N–H and O–H groups in total. The first-order valence-electron chi connectivity index (χ1n) is 7.70. The van der Waals surface area contributed by atoms with E-state index in [1.807, 2.05) is 5.43 Å². The van der Waals surface area contributed by atoms with Crippen molar-refractivity contribution in [3.8, 4) is 0 Å². The van der Waals surface area contributed by atoms with Gasteiger partial charge in [-0.3, -0.25) is 9.10 Å². The fourth-order valence-corrected chi connectivity index (χ4v) is 3.73. The number of hydrazone groups is 1. The molecule has 0 saturated carbocycles. The zero-order valence-corrected chi connectivity index (χ0v) is 16.8. The van der Waals surface area contributed by atoms with Gasteiger partial charge in [-0.2, -0.15) is 18.3 Å². The number of hydrogen-bond donors (Lipinski definition) is 1. The molecule has 0 aliphatic heterocycles. The zero-order chi connectivity index (χ0) is 20.9. The van der Waals surface area contributed by atoms with Crippen LogP contribution in [0.3, 0.4) is 0 Å². The van der Waals surface area contributed by atoms with Gasteiger partial charge in [0, 0.05) is 10.0 Å². The third-order valence-corrected chi connectivity index (χ3v) is 5.26. The molecule has 2 aromatic carbocycles. The van der Waals surface area contributed by atoms with Crippen molar-refractivity contribution in [2.24, 2.45) is 5.10 Å². The second-order valence-corrected chi connectivity index (χ2v) is 8.36. The van der Waals surface area contributed by atoms with Gasteiger partial charge in [-0.1, -0.05) is 30.3 Å². The molecule has 0 unspecified atom stereocenters. The molecule has 28 heavy (non-hydrogen) atoms. The fraction of sp³-hybridized carbons (Fsp3) is 0.176. The average Bonchev–Trinajstić information content (AvgIpc) is 2.59. The van der Waals surface area contributed by atoms with Gasteiger partial charge in [-0.25, -0.2) is 13.8 Å². The van der Waals surface area contributed by atoms with E-state index >= 15 is 0 Å². The third-order valence-electron chi connectivity index (χ3n) is 3.47. The number of carbonyl (C=O) groups excluding carboxylic acids is 1. The summed E-state index contributed by atoms with van der Waals surface area (Å²) in [6.45, 7) is -0.598. The average molecular weight is 478 g/mol. The third kappa shape index (κ3) is 5.80. The lowest BCUT2D eigenvalue weighted by Crippen LogP contribution is -2.39. The van der Waals surface area contributed by atoms with Crippen molar-refractivity contribution < 1.29 is 26.4 Å². The molecule has 0 aliphatic carbocycles. The molecule has 0 heterocycles. The molecular formula is C17H15BrF3N3O3S. The van der Waals surface area contributed by atoms with Gasteiger partial charge >= 0.3 is 6.18 Å². The van der Waals surface area contributed by atoms with Crippen LogP contribution in [0.25, 0.3) is 0 Å². The van der Waals surface area contributed by atoms with E-state index in [4.69, 9.17) is 0 Å². The highest BCUT2D eigenvalue weighted by molar-refractivity contribution is 9.10. The van der Waals surface area contributed by atoms with Crippen LogP contribution in [-0.2, 0) is 21.0 Å². The zero-order valence-electron chi connectivity index (χ0n) is 14.4. The van der Waals surface area contributed by atoms with E-state index in [2.05, 4.69) is 21.0 Å². The minimum atomic E-state index is -4.57. The molecule has 6 nitrogen and oxygen atoms in total. The van der Waals surface area contributed by atoms with Crippen LogP contribution in [0.1, 0.15) is 11.1 Å². The van der Waals surface area contributed by atoms with E-state index in [0.29, 0.717) is 4.47 Å². The number of hydrogen-bond acceptors (Lipinski definition) is 4. The van der Waals surface area contributed by atoms with E-state index in [9.17, 15) is 26.4 Å². The van der Waals surface area contributed by atoms with Crippen LogP contribution in [0.4, 0.5) is 18.9 Å². The number of amides is 1. The maximum atomic E-state index is 12.9. The van der Waals surface area contributed by atoms with Gasteiger partial charge in [-0.05, 0) is 34.1 Å². The molecular weight excluding hydrogens is 463 g/mol. The molecule has 0 fully saturated rings. The normalized spacial score (nSPS) is 12.2. The molecule has 2 aromatic rings. The minimum Gasteiger partial charge on any atom is -0.271 e. The summed E-state index contributed by atoms with van der Waals surface area (Å²) < 4.78 is 64.2. The summed E-state index contributed by atoms with van der Waals surface area (Å²) in [5.74, 6) is -0.818. The van der Waals surface area contributed by atoms with Crippen LogP contribution in [0, 0.1) is 0 Å². The molecule has 0 spiro atoms. The number of carbonyl (C=O) groups is 1. The molecule has 150 valence electrons. The SMILES string of the molecule is CS(=O)(=O)N(CC(=O)N/N=C\c1ccccc1C(F)(F)F)c1ccccc1Br. The molecule has 0 saturated heterocycles. The van der Waals surface area contributed by atoms with Crippen molar-refractivity contribution in [3.05, 3.63) is 64.1 Å². The summed E-state index contributed by atoms with van der Waals surface area (Å²) in [7, 11) is -3.80. The van der Waals surface area contributed by atoms with Crippen LogP contribution >= 0.6 is 15.9 Å². The minimum absolute atomic E-state index is 0.235. The summed E-state index contributed by atoms with van der Waals surface area (Å²) in [4.78, 5) is 12.1. The lowest BCUT2D eigenvalue weighted by Gasteiger charge is -2.22. The number of rotatable bonds is 6. The number of benzene rings is 2. The summed E-state index contributed by atoms with van der Waals surface area (Å²) in [5, 5.41) is 3.51. The van der Waals surface area contributed by atoms with Crippen LogP contribution in [0.2, 0.25) is 0 Å². The second kappa shape index (κ2) is 8.74. The largest absolute Gasteiger partial charge is 0.417 e. The van der Waals surface area contributed by atoms with Crippen molar-refractivity contribution in [3.63, 3.8) is 0 Å². The van der Waals surface area contributed by atoms with Gasteiger partial charge in [0.2, 0.25) is 10.0 Å². The number of halogens is 4. The number of nitrogens with zero attached hydrogens (tertiary/aromatic N) is 2. The quantitative estimate of drug-likeness (QED) is 0.511. The Kier molecular flexibility index (Phi) is 6.83. The van der Waals surface area contributed by atoms with E-state index in [0.717, 1.165) is 22.8 Å². The van der Waals surface area contributed by atoms with Crippen LogP contribution in [-0.4, -0.2) is 33.3 Å². The first kappa shape index (κ1) is 21.9. The number of sulfonamides is 1. The first-order valence-corrected chi connectivity index (χ1v) is 10.3. The number of alkyl halides is 3. The molecule has 0 bridgehead atoms. The van der Waals surface area contributed by atoms with E-state index in [-0.39, 0.29) is 11.3 Å². The smallest absolute Gasteiger partial charge is 0.271 e. The first-order chi connectivity index (χ1) is 13.0. The Morgan fingerprint density at radius 2 is 1.79 bits per heavy atom. The summed E-state index contributed by atoms with van der Waals surface area (Å²) in [6, 6.07) is 11.1. The topological polar surface area (TPSA) is 78.8 Å². The lowest BCUT2D eigenvalue weighted by atomic mass is 10.1. The molecule has 0 aromatic heterocycles. The summed E-state index contributed by atoms with van der Waals surface area (Å²) in [5.41, 5.74) is 1.15. The Hall–Kier alpha value is -2.40. The van der Waals surface area contributed by atoms with Crippen molar-refractivity contribution in [2.45, 2.75) is 6.18 Å². The van der Waals surface area contributed by atoms with Gasteiger partial charge in [0.1, 0.15) is 6.54 Å². The van der Waals surface area contributed by atoms with Gasteiger partial charge in [0.25, 0.3) is 5.91 Å². The summed E-state index contributed by atoms with van der Waals surface area (Å²) >= 11 is 3.22. The Bertz CT molecular complexity index is 994. The van der Waals surface area contributed by atoms with Crippen LogP contribution in [0.5, 0.6) is 0 Å². The van der Waals surface area contributed by atoms with Crippen molar-refractivity contribution in [2.75, 3.05) is 17.1 Å². The molecule has 0 aliphatic rings. The number of anilines is 1. The maximum absolute atomic E-state index is 12.9. The maximum Gasteiger partial charge on any atom is 0.417 e. The van der Waals surface area contributed by atoms with Crippen molar-refractivity contribution in [1.82, 2.24) is 5.43 Å². The van der Waals surface area contributed by atoms with Gasteiger partial charge in [0.05, 0.1) is 23.7 Å². The highest BCUT2D eigenvalue weighted by Crippen LogP contribution is 2.31. The highest BCUT2D eigenvalue weighted by atomic mass is 79.9. The predicted molar refractivity (Wildman–Crippen MR) is 104 cm³/mol. The Labute approximate surface area is 168 Å². The number of nitrogens with one attached hydrogen (secondary N) is 1.